The topological polar surface area (TPSA) is 69.6 Å². The molecule has 0 spiro atoms. The Kier molecular flexibility index (Phi) is 4.92. The van der Waals surface area contributed by atoms with E-state index in [2.05, 4.69) is 5.32 Å². The minimum Gasteiger partial charge on any atom is -0.386 e. The molecule has 0 unspecified atom stereocenters. The number of halogens is 1. The highest BCUT2D eigenvalue weighted by Gasteiger charge is 2.23. The predicted molar refractivity (Wildman–Crippen MR) is 89.6 cm³/mol. The first-order valence-corrected chi connectivity index (χ1v) is 8.54. The van der Waals surface area contributed by atoms with Gasteiger partial charge >= 0.3 is 0 Å². The molecule has 1 aromatic heterocycles. The molecule has 1 saturated heterocycles. The molecule has 0 radical (unpaired) electrons. The van der Waals surface area contributed by atoms with E-state index in [0.717, 1.165) is 11.3 Å². The average Bonchev–Trinajstić information content (AvgIpc) is 3.24. The van der Waals surface area contributed by atoms with Crippen molar-refractivity contribution < 1.29 is 19.1 Å². The lowest BCUT2D eigenvalue weighted by Crippen LogP contribution is -2.29. The van der Waals surface area contributed by atoms with E-state index in [1.54, 1.807) is 17.0 Å². The fraction of sp³-hybridized carbons (Fsp3) is 0.294. The molecule has 126 valence electrons. The lowest BCUT2D eigenvalue weighted by Gasteiger charge is -2.17. The number of nitrogens with zero attached hydrogens (tertiary/aromatic N) is 1. The molecule has 0 aliphatic carbocycles. The third kappa shape index (κ3) is 3.47. The normalized spacial score (nSPS) is 15.6. The quantitative estimate of drug-likeness (QED) is 0.872. The highest BCUT2D eigenvalue weighted by molar-refractivity contribution is 7.10. The van der Waals surface area contributed by atoms with Crippen LogP contribution in [0.5, 0.6) is 0 Å². The number of rotatable bonds is 5. The molecule has 1 fully saturated rings. The van der Waals surface area contributed by atoms with Crippen molar-refractivity contribution in [2.75, 3.05) is 18.0 Å². The van der Waals surface area contributed by atoms with Gasteiger partial charge in [0.1, 0.15) is 11.9 Å². The van der Waals surface area contributed by atoms with Crippen LogP contribution in [-0.4, -0.2) is 30.0 Å². The first kappa shape index (κ1) is 16.6. The van der Waals surface area contributed by atoms with Gasteiger partial charge < -0.3 is 15.3 Å². The number of amides is 2. The lowest BCUT2D eigenvalue weighted by molar-refractivity contribution is -0.117. The van der Waals surface area contributed by atoms with Crippen molar-refractivity contribution in [1.82, 2.24) is 5.32 Å². The second kappa shape index (κ2) is 7.11. The van der Waals surface area contributed by atoms with Crippen LogP contribution in [0.25, 0.3) is 0 Å². The highest BCUT2D eigenvalue weighted by atomic mass is 32.1. The van der Waals surface area contributed by atoms with Crippen LogP contribution in [0.4, 0.5) is 10.1 Å². The number of aliphatic hydroxyl groups excluding tert-OH is 1. The SMILES string of the molecule is O=C(NC[C@H](O)c1cccs1)c1cc(N2CCCC2=O)ccc1F. The maximum atomic E-state index is 14.0. The van der Waals surface area contributed by atoms with Crippen molar-refractivity contribution in [3.05, 3.63) is 52.0 Å². The number of hydrogen-bond acceptors (Lipinski definition) is 4. The minimum absolute atomic E-state index is 0.00827. The summed E-state index contributed by atoms with van der Waals surface area (Å²) in [5.74, 6) is -1.30. The number of anilines is 1. The Bertz CT molecular complexity index is 748. The first-order valence-electron chi connectivity index (χ1n) is 7.66. The van der Waals surface area contributed by atoms with E-state index in [9.17, 15) is 19.1 Å². The van der Waals surface area contributed by atoms with Crippen molar-refractivity contribution in [2.45, 2.75) is 18.9 Å². The highest BCUT2D eigenvalue weighted by Crippen LogP contribution is 2.24. The van der Waals surface area contributed by atoms with Gasteiger partial charge in [-0.1, -0.05) is 6.07 Å². The van der Waals surface area contributed by atoms with E-state index < -0.39 is 17.8 Å². The van der Waals surface area contributed by atoms with Crippen LogP contribution < -0.4 is 10.2 Å². The predicted octanol–water partition coefficient (Wildman–Crippen LogP) is 2.48. The molecular weight excluding hydrogens is 331 g/mol. The maximum absolute atomic E-state index is 14.0. The van der Waals surface area contributed by atoms with Gasteiger partial charge in [-0.15, -0.1) is 11.3 Å². The summed E-state index contributed by atoms with van der Waals surface area (Å²) in [7, 11) is 0. The summed E-state index contributed by atoms with van der Waals surface area (Å²) >= 11 is 1.38. The van der Waals surface area contributed by atoms with Gasteiger partial charge in [-0.3, -0.25) is 9.59 Å². The molecule has 0 bridgehead atoms. The summed E-state index contributed by atoms with van der Waals surface area (Å²) in [6.45, 7) is 0.564. The monoisotopic (exact) mass is 348 g/mol. The Labute approximate surface area is 142 Å². The zero-order valence-corrected chi connectivity index (χ0v) is 13.7. The Morgan fingerprint density at radius 2 is 2.25 bits per heavy atom. The smallest absolute Gasteiger partial charge is 0.254 e. The summed E-state index contributed by atoms with van der Waals surface area (Å²) in [5, 5.41) is 14.3. The van der Waals surface area contributed by atoms with Crippen molar-refractivity contribution in [3.63, 3.8) is 0 Å². The van der Waals surface area contributed by atoms with E-state index in [0.29, 0.717) is 18.7 Å². The van der Waals surface area contributed by atoms with Gasteiger partial charge in [-0.2, -0.15) is 0 Å². The van der Waals surface area contributed by atoms with Gasteiger partial charge in [0.15, 0.2) is 0 Å². The summed E-state index contributed by atoms with van der Waals surface area (Å²) in [4.78, 5) is 26.3. The van der Waals surface area contributed by atoms with Gasteiger partial charge in [0, 0.05) is 30.1 Å². The third-order valence-electron chi connectivity index (χ3n) is 3.91. The molecule has 2 aromatic rings. The summed E-state index contributed by atoms with van der Waals surface area (Å²) in [6, 6.07) is 7.63. The molecule has 1 atom stereocenters. The number of nitrogens with one attached hydrogen (secondary N) is 1. The molecule has 24 heavy (non-hydrogen) atoms. The fourth-order valence-electron chi connectivity index (χ4n) is 2.64. The van der Waals surface area contributed by atoms with Gasteiger partial charge in [0.05, 0.1) is 5.56 Å². The van der Waals surface area contributed by atoms with E-state index >= 15 is 0 Å². The molecule has 2 N–H and O–H groups in total. The van der Waals surface area contributed by atoms with Gasteiger partial charge in [-0.05, 0) is 36.1 Å². The molecule has 2 heterocycles. The van der Waals surface area contributed by atoms with Crippen molar-refractivity contribution in [1.29, 1.82) is 0 Å². The molecule has 1 aromatic carbocycles. The minimum atomic E-state index is -0.833. The van der Waals surface area contributed by atoms with E-state index in [-0.39, 0.29) is 18.0 Å². The second-order valence-electron chi connectivity index (χ2n) is 5.55. The first-order chi connectivity index (χ1) is 11.6. The van der Waals surface area contributed by atoms with Crippen LogP contribution in [0.1, 0.15) is 34.2 Å². The molecule has 3 rings (SSSR count). The molecule has 7 heteroatoms. The van der Waals surface area contributed by atoms with Crippen LogP contribution in [0, 0.1) is 5.82 Å². The summed E-state index contributed by atoms with van der Waals surface area (Å²) in [5.41, 5.74) is 0.383. The van der Waals surface area contributed by atoms with Crippen LogP contribution in [0.3, 0.4) is 0 Å². The average molecular weight is 348 g/mol. The number of carbonyl (C=O) groups excluding carboxylic acids is 2. The largest absolute Gasteiger partial charge is 0.386 e. The van der Waals surface area contributed by atoms with Gasteiger partial charge in [-0.25, -0.2) is 4.39 Å². The second-order valence-corrected chi connectivity index (χ2v) is 6.53. The molecule has 0 saturated carbocycles. The number of thiophene rings is 1. The lowest BCUT2D eigenvalue weighted by atomic mass is 10.1. The van der Waals surface area contributed by atoms with E-state index in [4.69, 9.17) is 0 Å². The van der Waals surface area contributed by atoms with Crippen LogP contribution >= 0.6 is 11.3 Å². The van der Waals surface area contributed by atoms with E-state index in [1.165, 1.54) is 29.5 Å². The molecule has 1 aliphatic heterocycles. The van der Waals surface area contributed by atoms with Crippen molar-refractivity contribution in [3.8, 4) is 0 Å². The molecule has 5 nitrogen and oxygen atoms in total. The molecule has 1 aliphatic rings. The zero-order chi connectivity index (χ0) is 17.1. The van der Waals surface area contributed by atoms with Crippen LogP contribution in [0.2, 0.25) is 0 Å². The number of aliphatic hydroxyl groups is 1. The molecule has 2 amide bonds. The number of hydrogen-bond donors (Lipinski definition) is 2. The van der Waals surface area contributed by atoms with Gasteiger partial charge in [0.2, 0.25) is 5.91 Å². The zero-order valence-electron chi connectivity index (χ0n) is 12.9. The van der Waals surface area contributed by atoms with Crippen LogP contribution in [-0.2, 0) is 4.79 Å². The fourth-order valence-corrected chi connectivity index (χ4v) is 3.35. The number of carbonyl (C=O) groups is 2. The standard InChI is InChI=1S/C17H17FN2O3S/c18-13-6-5-11(20-7-1-4-16(20)22)9-12(13)17(23)19-10-14(21)15-3-2-8-24-15/h2-3,5-6,8-9,14,21H,1,4,7,10H2,(H,19,23)/t14-/m0/s1. The van der Waals surface area contributed by atoms with Crippen molar-refractivity contribution in [2.24, 2.45) is 0 Å². The molecular formula is C17H17FN2O3S. The Morgan fingerprint density at radius 3 is 2.92 bits per heavy atom. The Hall–Kier alpha value is -2.25. The van der Waals surface area contributed by atoms with Crippen molar-refractivity contribution >= 4 is 28.8 Å². The Morgan fingerprint density at radius 1 is 1.42 bits per heavy atom. The van der Waals surface area contributed by atoms with Gasteiger partial charge in [0.25, 0.3) is 5.91 Å². The summed E-state index contributed by atoms with van der Waals surface area (Å²) < 4.78 is 14.0. The Balaban J connectivity index is 1.71. The van der Waals surface area contributed by atoms with E-state index in [1.807, 2.05) is 5.38 Å². The maximum Gasteiger partial charge on any atom is 0.254 e. The number of benzene rings is 1. The third-order valence-corrected chi connectivity index (χ3v) is 4.88. The van der Waals surface area contributed by atoms with Crippen LogP contribution in [0.15, 0.2) is 35.7 Å². The summed E-state index contributed by atoms with van der Waals surface area (Å²) in [6.07, 6.45) is 0.386.